The van der Waals surface area contributed by atoms with Crippen LogP contribution in [0.1, 0.15) is 15.9 Å². The van der Waals surface area contributed by atoms with Crippen LogP contribution in [0.25, 0.3) is 0 Å². The number of hydrogen-bond donors (Lipinski definition) is 1. The Bertz CT molecular complexity index is 473. The first-order valence-electron chi connectivity index (χ1n) is 4.15. The zero-order chi connectivity index (χ0) is 12.1. The van der Waals surface area contributed by atoms with Crippen LogP contribution in [0.4, 0.5) is 17.6 Å². The molecule has 86 valence electrons. The van der Waals surface area contributed by atoms with Gasteiger partial charge in [0.1, 0.15) is 5.75 Å². The zero-order valence-corrected chi connectivity index (χ0v) is 7.64. The van der Waals surface area contributed by atoms with Crippen molar-refractivity contribution in [3.63, 3.8) is 0 Å². The van der Waals surface area contributed by atoms with Gasteiger partial charge in [-0.05, 0) is 18.2 Å². The predicted octanol–water partition coefficient (Wildman–Crippen LogP) is 1.86. The molecule has 7 heteroatoms. The summed E-state index contributed by atoms with van der Waals surface area (Å²) in [5, 5.41) is 0. The number of hydrogen-bond acceptors (Lipinski definition) is 2. The smallest absolute Gasteiger partial charge is 0.427 e. The summed E-state index contributed by atoms with van der Waals surface area (Å²) in [7, 11) is 0. The first kappa shape index (κ1) is 10.7. The SMILES string of the molecule is NC(=O)c1ccc2c(c1)C(F)(F)C(F)(F)O2. The third-order valence-corrected chi connectivity index (χ3v) is 2.21. The van der Waals surface area contributed by atoms with Crippen LogP contribution in [0.15, 0.2) is 18.2 Å². The van der Waals surface area contributed by atoms with Gasteiger partial charge < -0.3 is 10.5 Å². The number of ether oxygens (including phenoxy) is 1. The highest BCUT2D eigenvalue weighted by Gasteiger charge is 2.66. The summed E-state index contributed by atoms with van der Waals surface area (Å²) in [6, 6.07) is 2.52. The number of nitrogens with two attached hydrogens (primary N) is 1. The maximum atomic E-state index is 13.1. The molecule has 1 aliphatic rings. The van der Waals surface area contributed by atoms with E-state index in [9.17, 15) is 22.4 Å². The van der Waals surface area contributed by atoms with E-state index >= 15 is 0 Å². The van der Waals surface area contributed by atoms with E-state index in [0.717, 1.165) is 12.1 Å². The van der Waals surface area contributed by atoms with Gasteiger partial charge in [-0.1, -0.05) is 0 Å². The summed E-state index contributed by atoms with van der Waals surface area (Å²) in [5.74, 6) is -6.10. The Hall–Kier alpha value is -1.79. The largest absolute Gasteiger partial charge is 0.469 e. The van der Waals surface area contributed by atoms with Crippen LogP contribution in [-0.4, -0.2) is 12.0 Å². The van der Waals surface area contributed by atoms with Crippen molar-refractivity contribution in [2.24, 2.45) is 5.73 Å². The molecule has 1 amide bonds. The molecule has 1 heterocycles. The summed E-state index contributed by atoms with van der Waals surface area (Å²) in [4.78, 5) is 10.7. The monoisotopic (exact) mass is 235 g/mol. The minimum atomic E-state index is -4.61. The lowest BCUT2D eigenvalue weighted by Crippen LogP contribution is -2.37. The highest BCUT2D eigenvalue weighted by atomic mass is 19.3. The van der Waals surface area contributed by atoms with Gasteiger partial charge in [-0.2, -0.15) is 17.6 Å². The molecule has 0 saturated heterocycles. The van der Waals surface area contributed by atoms with Crippen LogP contribution in [-0.2, 0) is 5.92 Å². The van der Waals surface area contributed by atoms with E-state index in [1.807, 2.05) is 0 Å². The van der Waals surface area contributed by atoms with Crippen molar-refractivity contribution in [2.45, 2.75) is 12.0 Å². The molecule has 0 radical (unpaired) electrons. The van der Waals surface area contributed by atoms with E-state index in [-0.39, 0.29) is 5.56 Å². The lowest BCUT2D eigenvalue weighted by Gasteiger charge is -2.16. The molecule has 0 unspecified atom stereocenters. The van der Waals surface area contributed by atoms with Crippen LogP contribution in [0.2, 0.25) is 0 Å². The van der Waals surface area contributed by atoms with Crippen LogP contribution in [0.5, 0.6) is 5.75 Å². The van der Waals surface area contributed by atoms with E-state index in [4.69, 9.17) is 5.73 Å². The van der Waals surface area contributed by atoms with Gasteiger partial charge in [0.15, 0.2) is 0 Å². The lowest BCUT2D eigenvalue weighted by molar-refractivity contribution is -0.296. The molecule has 0 saturated carbocycles. The lowest BCUT2D eigenvalue weighted by atomic mass is 10.1. The van der Waals surface area contributed by atoms with Crippen molar-refractivity contribution >= 4 is 5.91 Å². The Labute approximate surface area is 86.8 Å². The summed E-state index contributed by atoms with van der Waals surface area (Å²) >= 11 is 0. The number of carbonyl (C=O) groups is 1. The number of benzene rings is 1. The molecule has 3 nitrogen and oxygen atoms in total. The highest BCUT2D eigenvalue weighted by Crippen LogP contribution is 2.53. The van der Waals surface area contributed by atoms with Crippen LogP contribution >= 0.6 is 0 Å². The topological polar surface area (TPSA) is 52.3 Å². The Balaban J connectivity index is 2.59. The van der Waals surface area contributed by atoms with Gasteiger partial charge in [0, 0.05) is 5.56 Å². The second-order valence-electron chi connectivity index (χ2n) is 3.27. The maximum Gasteiger partial charge on any atom is 0.469 e. The van der Waals surface area contributed by atoms with Crippen molar-refractivity contribution in [3.8, 4) is 5.75 Å². The van der Waals surface area contributed by atoms with Gasteiger partial charge in [-0.25, -0.2) is 0 Å². The molecule has 1 aromatic carbocycles. The highest BCUT2D eigenvalue weighted by molar-refractivity contribution is 5.93. The molecule has 0 aliphatic carbocycles. The number of halogens is 4. The molecular formula is C9H5F4NO2. The molecule has 16 heavy (non-hydrogen) atoms. The average Bonchev–Trinajstić information content (AvgIpc) is 2.33. The summed E-state index contributed by atoms with van der Waals surface area (Å²) in [5.41, 5.74) is 3.54. The average molecular weight is 235 g/mol. The fraction of sp³-hybridized carbons (Fsp3) is 0.222. The molecule has 2 rings (SSSR count). The number of carbonyl (C=O) groups excluding carboxylic acids is 1. The third-order valence-electron chi connectivity index (χ3n) is 2.21. The molecule has 2 N–H and O–H groups in total. The molecule has 0 spiro atoms. The van der Waals surface area contributed by atoms with E-state index in [2.05, 4.69) is 4.74 Å². The van der Waals surface area contributed by atoms with Gasteiger partial charge in [-0.3, -0.25) is 4.79 Å². The molecule has 0 bridgehead atoms. The molecular weight excluding hydrogens is 230 g/mol. The van der Waals surface area contributed by atoms with Crippen molar-refractivity contribution < 1.29 is 27.1 Å². The fourth-order valence-corrected chi connectivity index (χ4v) is 1.38. The minimum Gasteiger partial charge on any atom is -0.427 e. The summed E-state index contributed by atoms with van der Waals surface area (Å²) in [6.45, 7) is 0. The Morgan fingerprint density at radius 2 is 1.88 bits per heavy atom. The minimum absolute atomic E-state index is 0.278. The van der Waals surface area contributed by atoms with Crippen LogP contribution < -0.4 is 10.5 Å². The molecule has 0 atom stereocenters. The standard InChI is InChI=1S/C9H5F4NO2/c10-8(11)5-3-4(7(14)15)1-2-6(5)16-9(8,12)13/h1-3H,(H2,14,15). The van der Waals surface area contributed by atoms with Gasteiger partial charge in [-0.15, -0.1) is 0 Å². The van der Waals surface area contributed by atoms with E-state index < -0.39 is 29.3 Å². The van der Waals surface area contributed by atoms with E-state index in [1.165, 1.54) is 0 Å². The third kappa shape index (κ3) is 1.24. The molecule has 1 aliphatic heterocycles. The molecule has 1 aromatic rings. The van der Waals surface area contributed by atoms with Crippen molar-refractivity contribution in [1.29, 1.82) is 0 Å². The number of amides is 1. The van der Waals surface area contributed by atoms with Gasteiger partial charge in [0.05, 0.1) is 5.56 Å². The quantitative estimate of drug-likeness (QED) is 0.755. The van der Waals surface area contributed by atoms with Crippen LogP contribution in [0, 0.1) is 0 Å². The molecule has 0 fully saturated rings. The number of rotatable bonds is 1. The second-order valence-corrected chi connectivity index (χ2v) is 3.27. The Morgan fingerprint density at radius 3 is 2.44 bits per heavy atom. The zero-order valence-electron chi connectivity index (χ0n) is 7.64. The van der Waals surface area contributed by atoms with Crippen molar-refractivity contribution in [2.75, 3.05) is 0 Å². The second kappa shape index (κ2) is 2.87. The maximum absolute atomic E-state index is 13.1. The first-order valence-corrected chi connectivity index (χ1v) is 4.15. The van der Waals surface area contributed by atoms with Gasteiger partial charge in [0.2, 0.25) is 5.91 Å². The van der Waals surface area contributed by atoms with Crippen LogP contribution in [0.3, 0.4) is 0 Å². The van der Waals surface area contributed by atoms with Gasteiger partial charge >= 0.3 is 12.0 Å². The van der Waals surface area contributed by atoms with Gasteiger partial charge in [0.25, 0.3) is 0 Å². The van der Waals surface area contributed by atoms with E-state index in [1.54, 1.807) is 0 Å². The Kier molecular flexibility index (Phi) is 1.92. The number of alkyl halides is 4. The van der Waals surface area contributed by atoms with Crippen molar-refractivity contribution in [3.05, 3.63) is 29.3 Å². The molecule has 0 aromatic heterocycles. The van der Waals surface area contributed by atoms with E-state index in [0.29, 0.717) is 6.07 Å². The predicted molar refractivity (Wildman–Crippen MR) is 44.4 cm³/mol. The normalized spacial score (nSPS) is 20.0. The summed E-state index contributed by atoms with van der Waals surface area (Å²) in [6.07, 6.45) is -4.61. The number of primary amides is 1. The Morgan fingerprint density at radius 1 is 1.25 bits per heavy atom. The summed E-state index contributed by atoms with van der Waals surface area (Å²) < 4.78 is 55.6. The fourth-order valence-electron chi connectivity index (χ4n) is 1.38. The number of fused-ring (bicyclic) bond motifs is 1. The van der Waals surface area contributed by atoms with Crippen molar-refractivity contribution in [1.82, 2.24) is 0 Å². The first-order chi connectivity index (χ1) is 7.25.